The summed E-state index contributed by atoms with van der Waals surface area (Å²) in [6, 6.07) is 9.41. The number of anilines is 2. The maximum atomic E-state index is 12.3. The van der Waals surface area contributed by atoms with Gasteiger partial charge in [-0.3, -0.25) is 14.5 Å². The van der Waals surface area contributed by atoms with E-state index < -0.39 is 5.97 Å². The van der Waals surface area contributed by atoms with Crippen LogP contribution >= 0.6 is 0 Å². The molecule has 0 spiro atoms. The van der Waals surface area contributed by atoms with E-state index in [-0.39, 0.29) is 24.7 Å². The number of nitrogens with one attached hydrogen (secondary N) is 1. The molecule has 2 amide bonds. The summed E-state index contributed by atoms with van der Waals surface area (Å²) >= 11 is 0. The molecule has 1 aromatic carbocycles. The number of nitrogens with zero attached hydrogens (tertiary/aromatic N) is 3. The van der Waals surface area contributed by atoms with E-state index in [1.54, 1.807) is 15.9 Å². The highest BCUT2D eigenvalue weighted by Gasteiger charge is 2.32. The summed E-state index contributed by atoms with van der Waals surface area (Å²) in [5.74, 6) is -0.0756. The van der Waals surface area contributed by atoms with Crippen molar-refractivity contribution in [3.63, 3.8) is 0 Å². The van der Waals surface area contributed by atoms with Crippen molar-refractivity contribution < 1.29 is 28.4 Å². The zero-order chi connectivity index (χ0) is 22.5. The normalized spacial score (nSPS) is 18.2. The molecule has 1 N–H and O–H groups in total. The van der Waals surface area contributed by atoms with Gasteiger partial charge in [-0.1, -0.05) is 23.4 Å². The number of carbonyl (C=O) groups is 3. The van der Waals surface area contributed by atoms with Crippen molar-refractivity contribution in [3.8, 4) is 0 Å². The monoisotopic (exact) mass is 440 g/mol. The highest BCUT2D eigenvalue weighted by atomic mass is 16.6. The topological polar surface area (TPSA) is 114 Å². The summed E-state index contributed by atoms with van der Waals surface area (Å²) in [6.45, 7) is 2.96. The first-order valence-electron chi connectivity index (χ1n) is 10.3. The lowest BCUT2D eigenvalue weighted by Crippen LogP contribution is -2.37. The standard InChI is InChI=1S/C22H24N4O6/c1-15(27)30-14-21(28)25-9-6-17(7-10-25)16-2-4-18(5-3-16)26-13-19(32-22(26)29)12-23-20-8-11-31-24-20/h2-6,8,11,19H,7,9-10,12-14H2,1H3,(H,23,24)/t19-/m0/s1. The Morgan fingerprint density at radius 1 is 1.25 bits per heavy atom. The second kappa shape index (κ2) is 9.54. The van der Waals surface area contributed by atoms with Crippen molar-refractivity contribution in [2.75, 3.05) is 43.0 Å². The van der Waals surface area contributed by atoms with Crippen molar-refractivity contribution in [3.05, 3.63) is 48.2 Å². The Morgan fingerprint density at radius 2 is 2.06 bits per heavy atom. The van der Waals surface area contributed by atoms with Gasteiger partial charge in [0.25, 0.3) is 5.91 Å². The molecule has 10 heteroatoms. The van der Waals surface area contributed by atoms with Crippen molar-refractivity contribution in [2.45, 2.75) is 19.4 Å². The summed E-state index contributed by atoms with van der Waals surface area (Å²) < 4.78 is 15.0. The van der Waals surface area contributed by atoms with E-state index in [4.69, 9.17) is 14.0 Å². The number of hydrogen-bond acceptors (Lipinski definition) is 8. The highest BCUT2D eigenvalue weighted by molar-refractivity contribution is 5.90. The Balaban J connectivity index is 1.31. The van der Waals surface area contributed by atoms with Gasteiger partial charge in [-0.15, -0.1) is 0 Å². The number of hydrogen-bond donors (Lipinski definition) is 1. The van der Waals surface area contributed by atoms with Gasteiger partial charge in [-0.25, -0.2) is 4.79 Å². The van der Waals surface area contributed by atoms with Gasteiger partial charge in [-0.05, 0) is 29.7 Å². The fourth-order valence-electron chi connectivity index (χ4n) is 3.63. The fourth-order valence-corrected chi connectivity index (χ4v) is 3.63. The van der Waals surface area contributed by atoms with Gasteiger partial charge in [0.15, 0.2) is 12.4 Å². The van der Waals surface area contributed by atoms with Crippen molar-refractivity contribution >= 4 is 35.0 Å². The molecule has 1 aromatic heterocycles. The third-order valence-corrected chi connectivity index (χ3v) is 5.33. The molecular weight excluding hydrogens is 416 g/mol. The molecule has 0 aliphatic carbocycles. The first-order valence-corrected chi connectivity index (χ1v) is 10.3. The number of cyclic esters (lactones) is 1. The number of aromatic nitrogens is 1. The third-order valence-electron chi connectivity index (χ3n) is 5.33. The van der Waals surface area contributed by atoms with Crippen LogP contribution in [0.1, 0.15) is 18.9 Å². The number of benzene rings is 1. The molecule has 0 saturated carbocycles. The Hall–Kier alpha value is -3.82. The number of amides is 2. The largest absolute Gasteiger partial charge is 0.456 e. The predicted octanol–water partition coefficient (Wildman–Crippen LogP) is 2.29. The van der Waals surface area contributed by atoms with Crippen LogP contribution in [0.4, 0.5) is 16.3 Å². The maximum absolute atomic E-state index is 12.3. The van der Waals surface area contributed by atoms with Crippen molar-refractivity contribution in [1.29, 1.82) is 0 Å². The summed E-state index contributed by atoms with van der Waals surface area (Å²) in [6.07, 6.45) is 3.49. The minimum Gasteiger partial charge on any atom is -0.456 e. The molecule has 1 fully saturated rings. The van der Waals surface area contributed by atoms with Crippen LogP contribution in [0.15, 0.2) is 47.2 Å². The second-order valence-electron chi connectivity index (χ2n) is 7.53. The quantitative estimate of drug-likeness (QED) is 0.653. The number of rotatable bonds is 7. The Bertz CT molecular complexity index is 1000. The van der Waals surface area contributed by atoms with Crippen LogP contribution in [0.3, 0.4) is 0 Å². The molecule has 168 valence electrons. The first kappa shape index (κ1) is 21.4. The van der Waals surface area contributed by atoms with Gasteiger partial charge >= 0.3 is 12.1 Å². The van der Waals surface area contributed by atoms with Crippen molar-refractivity contribution in [1.82, 2.24) is 10.1 Å². The van der Waals surface area contributed by atoms with E-state index in [1.165, 1.54) is 13.2 Å². The SMILES string of the molecule is CC(=O)OCC(=O)N1CC=C(c2ccc(N3C[C@H](CNc4ccon4)OC3=O)cc2)CC1. The molecule has 1 saturated heterocycles. The molecule has 2 aliphatic rings. The Kier molecular flexibility index (Phi) is 6.39. The maximum Gasteiger partial charge on any atom is 0.414 e. The molecule has 0 radical (unpaired) electrons. The minimum atomic E-state index is -0.467. The van der Waals surface area contributed by atoms with Crippen LogP contribution in [-0.2, 0) is 19.1 Å². The molecule has 2 aliphatic heterocycles. The predicted molar refractivity (Wildman–Crippen MR) is 115 cm³/mol. The average molecular weight is 440 g/mol. The first-order chi connectivity index (χ1) is 15.5. The van der Waals surface area contributed by atoms with E-state index in [1.807, 2.05) is 30.3 Å². The van der Waals surface area contributed by atoms with Gasteiger partial charge in [0.1, 0.15) is 12.4 Å². The van der Waals surface area contributed by atoms with Crippen LogP contribution in [-0.4, -0.2) is 66.9 Å². The summed E-state index contributed by atoms with van der Waals surface area (Å²) in [4.78, 5) is 38.5. The van der Waals surface area contributed by atoms with Gasteiger partial charge in [-0.2, -0.15) is 0 Å². The average Bonchev–Trinajstić information content (AvgIpc) is 3.46. The molecule has 4 rings (SSSR count). The van der Waals surface area contributed by atoms with Gasteiger partial charge in [0, 0.05) is 31.8 Å². The van der Waals surface area contributed by atoms with Gasteiger partial charge in [0.05, 0.1) is 13.1 Å². The molecule has 1 atom stereocenters. The van der Waals surface area contributed by atoms with E-state index in [2.05, 4.69) is 10.5 Å². The Labute approximate surface area is 184 Å². The highest BCUT2D eigenvalue weighted by Crippen LogP contribution is 2.27. The summed E-state index contributed by atoms with van der Waals surface area (Å²) in [7, 11) is 0. The molecule has 10 nitrogen and oxygen atoms in total. The smallest absolute Gasteiger partial charge is 0.414 e. The van der Waals surface area contributed by atoms with Crippen LogP contribution in [0.2, 0.25) is 0 Å². The zero-order valence-electron chi connectivity index (χ0n) is 17.7. The van der Waals surface area contributed by atoms with Crippen LogP contribution in [0.5, 0.6) is 0 Å². The second-order valence-corrected chi connectivity index (χ2v) is 7.53. The third kappa shape index (κ3) is 5.08. The number of esters is 1. The lowest BCUT2D eigenvalue weighted by molar-refractivity contribution is -0.150. The molecule has 3 heterocycles. The van der Waals surface area contributed by atoms with E-state index in [0.717, 1.165) is 16.8 Å². The molecule has 2 aromatic rings. The van der Waals surface area contributed by atoms with E-state index in [0.29, 0.717) is 38.4 Å². The van der Waals surface area contributed by atoms with Gasteiger partial charge < -0.3 is 24.2 Å². The summed E-state index contributed by atoms with van der Waals surface area (Å²) in [5, 5.41) is 6.84. The van der Waals surface area contributed by atoms with Crippen LogP contribution in [0, 0.1) is 0 Å². The molecular formula is C22H24N4O6. The molecule has 32 heavy (non-hydrogen) atoms. The molecule has 0 bridgehead atoms. The van der Waals surface area contributed by atoms with Gasteiger partial charge in [0.2, 0.25) is 0 Å². The van der Waals surface area contributed by atoms with Crippen molar-refractivity contribution in [2.24, 2.45) is 0 Å². The summed E-state index contributed by atoms with van der Waals surface area (Å²) in [5.41, 5.74) is 2.93. The minimum absolute atomic E-state index is 0.203. The van der Waals surface area contributed by atoms with E-state index in [9.17, 15) is 14.4 Å². The van der Waals surface area contributed by atoms with E-state index >= 15 is 0 Å². The number of carbonyl (C=O) groups excluding carboxylic acids is 3. The Morgan fingerprint density at radius 3 is 2.72 bits per heavy atom. The van der Waals surface area contributed by atoms with Crippen LogP contribution < -0.4 is 10.2 Å². The lowest BCUT2D eigenvalue weighted by Gasteiger charge is -2.26. The fraction of sp³-hybridized carbons (Fsp3) is 0.364. The molecule has 0 unspecified atom stereocenters. The number of ether oxygens (including phenoxy) is 2. The van der Waals surface area contributed by atoms with Crippen LogP contribution in [0.25, 0.3) is 5.57 Å². The lowest BCUT2D eigenvalue weighted by atomic mass is 9.99. The zero-order valence-corrected chi connectivity index (χ0v) is 17.7.